The van der Waals surface area contributed by atoms with Gasteiger partial charge in [0.25, 0.3) is 5.91 Å². The summed E-state index contributed by atoms with van der Waals surface area (Å²) >= 11 is 0. The van der Waals surface area contributed by atoms with Crippen LogP contribution in [0.2, 0.25) is 0 Å². The van der Waals surface area contributed by atoms with Crippen molar-refractivity contribution in [2.45, 2.75) is 6.92 Å². The van der Waals surface area contributed by atoms with Gasteiger partial charge >= 0.3 is 0 Å². The van der Waals surface area contributed by atoms with E-state index in [1.807, 2.05) is 67.6 Å². The average molecular weight is 364 g/mol. The van der Waals surface area contributed by atoms with Crippen LogP contribution in [0.25, 0.3) is 6.08 Å². The molecule has 0 aromatic heterocycles. The van der Waals surface area contributed by atoms with Crippen LogP contribution >= 0.6 is 0 Å². The number of ether oxygens (including phenoxy) is 1. The zero-order chi connectivity index (χ0) is 19.1. The Hall–Kier alpha value is -3.08. The van der Waals surface area contributed by atoms with Crippen LogP contribution in [0.15, 0.2) is 60.7 Å². The third-order valence-electron chi connectivity index (χ3n) is 4.55. The number of rotatable bonds is 5. The van der Waals surface area contributed by atoms with Crippen LogP contribution < -0.4 is 4.74 Å². The van der Waals surface area contributed by atoms with E-state index in [1.54, 1.807) is 15.9 Å². The Morgan fingerprint density at radius 2 is 1.56 bits per heavy atom. The second kappa shape index (κ2) is 9.03. The molecule has 3 rings (SSSR count). The van der Waals surface area contributed by atoms with Gasteiger partial charge in [-0.05, 0) is 30.7 Å². The molecule has 140 valence electrons. The molecule has 0 saturated carbocycles. The van der Waals surface area contributed by atoms with Gasteiger partial charge in [0, 0.05) is 32.3 Å². The van der Waals surface area contributed by atoms with E-state index in [1.165, 1.54) is 0 Å². The largest absolute Gasteiger partial charge is 0.484 e. The van der Waals surface area contributed by atoms with Gasteiger partial charge in [-0.1, -0.05) is 48.0 Å². The first-order valence-corrected chi connectivity index (χ1v) is 9.11. The minimum absolute atomic E-state index is 0.0188. The maximum Gasteiger partial charge on any atom is 0.260 e. The summed E-state index contributed by atoms with van der Waals surface area (Å²) in [4.78, 5) is 28.1. The van der Waals surface area contributed by atoms with E-state index in [-0.39, 0.29) is 18.4 Å². The Morgan fingerprint density at radius 3 is 2.22 bits per heavy atom. The van der Waals surface area contributed by atoms with Gasteiger partial charge < -0.3 is 14.5 Å². The molecule has 1 aliphatic rings. The summed E-state index contributed by atoms with van der Waals surface area (Å²) in [5.74, 6) is 0.609. The lowest BCUT2D eigenvalue weighted by Gasteiger charge is -2.34. The Bertz CT molecular complexity index is 792. The molecular weight excluding hydrogens is 340 g/mol. The Morgan fingerprint density at radius 1 is 0.926 bits per heavy atom. The van der Waals surface area contributed by atoms with E-state index in [2.05, 4.69) is 0 Å². The van der Waals surface area contributed by atoms with Crippen LogP contribution in [0.5, 0.6) is 5.75 Å². The van der Waals surface area contributed by atoms with Crippen LogP contribution in [0.3, 0.4) is 0 Å². The van der Waals surface area contributed by atoms with E-state index in [4.69, 9.17) is 4.74 Å². The highest BCUT2D eigenvalue weighted by Crippen LogP contribution is 2.12. The summed E-state index contributed by atoms with van der Waals surface area (Å²) in [5.41, 5.74) is 2.14. The maximum atomic E-state index is 12.3. The second-order valence-electron chi connectivity index (χ2n) is 6.55. The molecule has 27 heavy (non-hydrogen) atoms. The monoisotopic (exact) mass is 364 g/mol. The van der Waals surface area contributed by atoms with Gasteiger partial charge in [-0.15, -0.1) is 0 Å². The van der Waals surface area contributed by atoms with Gasteiger partial charge in [-0.25, -0.2) is 0 Å². The van der Waals surface area contributed by atoms with E-state index in [9.17, 15) is 9.59 Å². The van der Waals surface area contributed by atoms with E-state index in [0.29, 0.717) is 31.9 Å². The molecule has 2 aromatic carbocycles. The molecule has 0 N–H and O–H groups in total. The average Bonchev–Trinajstić information content (AvgIpc) is 2.72. The molecule has 5 heteroatoms. The van der Waals surface area contributed by atoms with Crippen LogP contribution in [0.4, 0.5) is 0 Å². The Balaban J connectivity index is 1.43. The molecular formula is C22H24N2O3. The van der Waals surface area contributed by atoms with Crippen molar-refractivity contribution >= 4 is 17.9 Å². The second-order valence-corrected chi connectivity index (χ2v) is 6.55. The fourth-order valence-corrected chi connectivity index (χ4v) is 2.88. The molecule has 2 aromatic rings. The molecule has 0 atom stereocenters. The lowest BCUT2D eigenvalue weighted by Crippen LogP contribution is -2.51. The molecule has 0 spiro atoms. The normalized spacial score (nSPS) is 14.4. The first-order chi connectivity index (χ1) is 13.1. The highest BCUT2D eigenvalue weighted by molar-refractivity contribution is 5.92. The van der Waals surface area contributed by atoms with Crippen LogP contribution in [-0.4, -0.2) is 54.4 Å². The van der Waals surface area contributed by atoms with Crippen LogP contribution in [0.1, 0.15) is 11.1 Å². The van der Waals surface area contributed by atoms with Crippen molar-refractivity contribution < 1.29 is 14.3 Å². The third kappa shape index (κ3) is 5.45. The topological polar surface area (TPSA) is 49.9 Å². The zero-order valence-corrected chi connectivity index (χ0v) is 15.5. The zero-order valence-electron chi connectivity index (χ0n) is 15.5. The molecule has 1 heterocycles. The molecule has 1 aliphatic heterocycles. The quantitative estimate of drug-likeness (QED) is 0.767. The predicted octanol–water partition coefficient (Wildman–Crippen LogP) is 2.76. The summed E-state index contributed by atoms with van der Waals surface area (Å²) in [6.07, 6.45) is 3.41. The summed E-state index contributed by atoms with van der Waals surface area (Å²) in [6, 6.07) is 17.3. The van der Waals surface area contributed by atoms with Crippen molar-refractivity contribution in [2.24, 2.45) is 0 Å². The Labute approximate surface area is 159 Å². The number of piperazine rings is 1. The molecule has 1 fully saturated rings. The first-order valence-electron chi connectivity index (χ1n) is 9.11. The third-order valence-corrected chi connectivity index (χ3v) is 4.55. The summed E-state index contributed by atoms with van der Waals surface area (Å²) in [6.45, 7) is 4.15. The molecule has 0 aliphatic carbocycles. The van der Waals surface area contributed by atoms with Crippen molar-refractivity contribution in [1.82, 2.24) is 9.80 Å². The van der Waals surface area contributed by atoms with E-state index in [0.717, 1.165) is 11.1 Å². The fourth-order valence-electron chi connectivity index (χ4n) is 2.88. The van der Waals surface area contributed by atoms with Gasteiger partial charge in [-0.2, -0.15) is 0 Å². The van der Waals surface area contributed by atoms with Crippen molar-refractivity contribution in [3.63, 3.8) is 0 Å². The first kappa shape index (κ1) is 18.7. The molecule has 0 bridgehead atoms. The summed E-state index contributed by atoms with van der Waals surface area (Å²) < 4.78 is 5.55. The minimum Gasteiger partial charge on any atom is -0.484 e. The number of benzene rings is 2. The summed E-state index contributed by atoms with van der Waals surface area (Å²) in [7, 11) is 0. The molecule has 1 saturated heterocycles. The number of carbonyl (C=O) groups is 2. The van der Waals surface area contributed by atoms with Crippen molar-refractivity contribution in [3.8, 4) is 5.75 Å². The van der Waals surface area contributed by atoms with Crippen LogP contribution in [-0.2, 0) is 9.59 Å². The van der Waals surface area contributed by atoms with Crippen molar-refractivity contribution in [3.05, 3.63) is 71.8 Å². The van der Waals surface area contributed by atoms with Gasteiger partial charge in [-0.3, -0.25) is 9.59 Å². The number of hydrogen-bond donors (Lipinski definition) is 0. The number of hydrogen-bond acceptors (Lipinski definition) is 3. The lowest BCUT2D eigenvalue weighted by molar-refractivity contribution is -0.138. The van der Waals surface area contributed by atoms with Crippen molar-refractivity contribution in [2.75, 3.05) is 32.8 Å². The highest BCUT2D eigenvalue weighted by atomic mass is 16.5. The smallest absolute Gasteiger partial charge is 0.260 e. The molecule has 0 radical (unpaired) electrons. The molecule has 2 amide bonds. The van der Waals surface area contributed by atoms with E-state index < -0.39 is 0 Å². The maximum absolute atomic E-state index is 12.3. The number of aryl methyl sites for hydroxylation is 1. The van der Waals surface area contributed by atoms with Crippen molar-refractivity contribution in [1.29, 1.82) is 0 Å². The molecule has 0 unspecified atom stereocenters. The van der Waals surface area contributed by atoms with Gasteiger partial charge in [0.05, 0.1) is 0 Å². The molecule has 5 nitrogen and oxygen atoms in total. The van der Waals surface area contributed by atoms with Gasteiger partial charge in [0.2, 0.25) is 5.91 Å². The SMILES string of the molecule is Cc1ccc(OCC(=O)N2CCN(C(=O)/C=C/c3ccccc3)CC2)cc1. The minimum atomic E-state index is -0.0532. The van der Waals surface area contributed by atoms with Crippen LogP contribution in [0, 0.1) is 6.92 Å². The number of carbonyl (C=O) groups excluding carboxylic acids is 2. The van der Waals surface area contributed by atoms with E-state index >= 15 is 0 Å². The standard InChI is InChI=1S/C22H24N2O3/c1-18-7-10-20(11-8-18)27-17-22(26)24-15-13-23(14-16-24)21(25)12-9-19-5-3-2-4-6-19/h2-12H,13-17H2,1H3/b12-9+. The summed E-state index contributed by atoms with van der Waals surface area (Å²) in [5, 5.41) is 0. The fraction of sp³-hybridized carbons (Fsp3) is 0.273. The Kier molecular flexibility index (Phi) is 6.26. The van der Waals surface area contributed by atoms with Gasteiger partial charge in [0.15, 0.2) is 6.61 Å². The highest BCUT2D eigenvalue weighted by Gasteiger charge is 2.23. The number of amides is 2. The number of nitrogens with zero attached hydrogens (tertiary/aromatic N) is 2. The lowest BCUT2D eigenvalue weighted by atomic mass is 10.2. The predicted molar refractivity (Wildman–Crippen MR) is 105 cm³/mol. The van der Waals surface area contributed by atoms with Gasteiger partial charge in [0.1, 0.15) is 5.75 Å².